The zero-order valence-corrected chi connectivity index (χ0v) is 43.7. The summed E-state index contributed by atoms with van der Waals surface area (Å²) < 4.78 is 0. The first-order valence-electron chi connectivity index (χ1n) is 25.7. The van der Waals surface area contributed by atoms with E-state index >= 15 is 0 Å². The third-order valence-electron chi connectivity index (χ3n) is 12.8. The molecule has 420 valence electrons. The lowest BCUT2D eigenvalue weighted by Crippen LogP contribution is -2.61. The van der Waals surface area contributed by atoms with Gasteiger partial charge in [-0.3, -0.25) is 43.2 Å². The van der Waals surface area contributed by atoms with E-state index in [4.69, 9.17) is 17.2 Å². The molecular weight excluding hydrogens is 1010 g/mol. The second-order valence-corrected chi connectivity index (χ2v) is 18.9. The van der Waals surface area contributed by atoms with Crippen molar-refractivity contribution >= 4 is 59.2 Å². The quantitative estimate of drug-likeness (QED) is 0.0260. The molecule has 0 saturated heterocycles. The molecule has 0 spiro atoms. The minimum atomic E-state index is -1.86. The fourth-order valence-corrected chi connectivity index (χ4v) is 8.11. The van der Waals surface area contributed by atoms with E-state index in [1.54, 1.807) is 97.9 Å². The first-order chi connectivity index (χ1) is 37.3. The van der Waals surface area contributed by atoms with Crippen LogP contribution in [0.1, 0.15) is 81.2 Å². The lowest BCUT2D eigenvalue weighted by molar-refractivity contribution is -0.147. The number of carbonyl (C=O) groups excluding carboxylic acids is 8. The van der Waals surface area contributed by atoms with Gasteiger partial charge in [0.15, 0.2) is 0 Å². The van der Waals surface area contributed by atoms with E-state index in [0.717, 1.165) is 0 Å². The minimum absolute atomic E-state index is 0.0897. The molecule has 0 aliphatic heterocycles. The maximum Gasteiger partial charge on any atom is 0.326 e. The Morgan fingerprint density at radius 1 is 0.538 bits per heavy atom. The molecule has 4 aromatic rings. The molecule has 0 unspecified atom stereocenters. The normalized spacial score (nSPS) is 14.5. The standard InChI is InChI=1S/C54H72N12O12/c1-3-32(2)46(57)53(76)61-37(21-13-14-24-55)47(70)62-39(25-33-15-7-4-8-16-33)49(72)60-38(22-23-44(56)67)48(71)63-40(26-34-17-9-5-10-18-34)50(73)65-42(28-36-30-58-31-59-36)52(75)64-41(27-35-19-11-6-12-20-35)51(74)66-43(54(77)78)29-45(68)69/h4-12,15-20,30-32,37-43,46H,3,13-14,21-29,55,57H2,1-2H3,(H2,56,67)(H,58,59)(H,60,72)(H,61,76)(H,62,70)(H,63,71)(H,64,75)(H,65,73)(H,66,74)(H,68,69)(H,77,78)/t32-,37-,38-,39-,40-,41-,42-,43-,46-/m0/s1. The van der Waals surface area contributed by atoms with Crippen molar-refractivity contribution in [1.29, 1.82) is 0 Å². The molecule has 3 aromatic carbocycles. The summed E-state index contributed by atoms with van der Waals surface area (Å²) in [4.78, 5) is 142. The number of aromatic amines is 1. The highest BCUT2D eigenvalue weighted by Gasteiger charge is 2.36. The number of carboxylic acids is 2. The van der Waals surface area contributed by atoms with E-state index < -0.39 is 120 Å². The average Bonchev–Trinajstić information content (AvgIpc) is 3.94. The van der Waals surface area contributed by atoms with Crippen LogP contribution in [0, 0.1) is 5.92 Å². The van der Waals surface area contributed by atoms with Crippen LogP contribution in [-0.2, 0) is 73.6 Å². The molecule has 8 amide bonds. The van der Waals surface area contributed by atoms with Crippen LogP contribution < -0.4 is 54.4 Å². The van der Waals surface area contributed by atoms with Crippen molar-refractivity contribution in [2.45, 2.75) is 133 Å². The molecule has 24 heteroatoms. The number of aliphatic carboxylic acids is 2. The van der Waals surface area contributed by atoms with Gasteiger partial charge in [-0.2, -0.15) is 0 Å². The lowest BCUT2D eigenvalue weighted by atomic mass is 9.98. The highest BCUT2D eigenvalue weighted by Crippen LogP contribution is 2.13. The summed E-state index contributed by atoms with van der Waals surface area (Å²) in [5.41, 5.74) is 19.5. The van der Waals surface area contributed by atoms with Gasteiger partial charge < -0.3 is 69.6 Å². The number of rotatable bonds is 34. The number of unbranched alkanes of at least 4 members (excludes halogenated alkanes) is 1. The van der Waals surface area contributed by atoms with Gasteiger partial charge in [0.2, 0.25) is 47.3 Å². The van der Waals surface area contributed by atoms with E-state index in [1.165, 1.54) is 12.5 Å². The molecule has 78 heavy (non-hydrogen) atoms. The van der Waals surface area contributed by atoms with Crippen molar-refractivity contribution < 1.29 is 58.2 Å². The van der Waals surface area contributed by atoms with Crippen LogP contribution in [-0.4, -0.2) is 134 Å². The highest BCUT2D eigenvalue weighted by molar-refractivity contribution is 5.98. The molecule has 0 aliphatic carbocycles. The van der Waals surface area contributed by atoms with Crippen molar-refractivity contribution in [3.8, 4) is 0 Å². The van der Waals surface area contributed by atoms with E-state index in [-0.39, 0.29) is 44.4 Å². The van der Waals surface area contributed by atoms with Gasteiger partial charge in [-0.25, -0.2) is 9.78 Å². The van der Waals surface area contributed by atoms with Gasteiger partial charge >= 0.3 is 11.9 Å². The highest BCUT2D eigenvalue weighted by atomic mass is 16.4. The Labute approximate surface area is 451 Å². The third-order valence-corrected chi connectivity index (χ3v) is 12.8. The van der Waals surface area contributed by atoms with Crippen LogP contribution in [0.3, 0.4) is 0 Å². The Morgan fingerprint density at radius 3 is 1.29 bits per heavy atom. The Bertz CT molecular complexity index is 2610. The Hall–Kier alpha value is -8.51. The minimum Gasteiger partial charge on any atom is -0.481 e. The van der Waals surface area contributed by atoms with Gasteiger partial charge in [0.1, 0.15) is 42.3 Å². The van der Waals surface area contributed by atoms with E-state index in [2.05, 4.69) is 47.2 Å². The fraction of sp³-hybridized carbons (Fsp3) is 0.426. The van der Waals surface area contributed by atoms with Gasteiger partial charge in [0.25, 0.3) is 0 Å². The fourth-order valence-electron chi connectivity index (χ4n) is 8.11. The monoisotopic (exact) mass is 1080 g/mol. The zero-order chi connectivity index (χ0) is 57.1. The molecule has 0 saturated carbocycles. The van der Waals surface area contributed by atoms with Crippen molar-refractivity contribution in [3.05, 3.63) is 126 Å². The smallest absolute Gasteiger partial charge is 0.326 e. The van der Waals surface area contributed by atoms with Crippen LogP contribution in [0.4, 0.5) is 0 Å². The van der Waals surface area contributed by atoms with E-state index in [0.29, 0.717) is 48.2 Å². The number of nitrogens with one attached hydrogen (secondary N) is 8. The molecule has 1 heterocycles. The maximum atomic E-state index is 14.6. The summed E-state index contributed by atoms with van der Waals surface area (Å²) in [5, 5.41) is 37.2. The molecule has 9 atom stereocenters. The molecule has 0 radical (unpaired) electrons. The number of nitrogens with zero attached hydrogens (tertiary/aromatic N) is 1. The van der Waals surface area contributed by atoms with Crippen LogP contribution in [0.5, 0.6) is 0 Å². The molecule has 24 nitrogen and oxygen atoms in total. The molecule has 0 fully saturated rings. The van der Waals surface area contributed by atoms with Crippen LogP contribution in [0.2, 0.25) is 0 Å². The molecule has 16 N–H and O–H groups in total. The van der Waals surface area contributed by atoms with Gasteiger partial charge in [0.05, 0.1) is 18.8 Å². The van der Waals surface area contributed by atoms with Crippen molar-refractivity contribution in [2.24, 2.45) is 23.1 Å². The number of imidazole rings is 1. The number of carboxylic acid groups (broad SMARTS) is 2. The molecule has 0 bridgehead atoms. The largest absolute Gasteiger partial charge is 0.481 e. The van der Waals surface area contributed by atoms with Gasteiger partial charge in [0, 0.05) is 44.0 Å². The summed E-state index contributed by atoms with van der Waals surface area (Å²) in [5.74, 6) is -10.2. The predicted molar refractivity (Wildman–Crippen MR) is 285 cm³/mol. The molecule has 4 rings (SSSR count). The van der Waals surface area contributed by atoms with Crippen molar-refractivity contribution in [2.75, 3.05) is 6.54 Å². The number of aromatic nitrogens is 2. The number of benzene rings is 3. The Morgan fingerprint density at radius 2 is 0.923 bits per heavy atom. The maximum absolute atomic E-state index is 14.6. The second kappa shape index (κ2) is 32.2. The summed E-state index contributed by atoms with van der Waals surface area (Å²) in [6, 6.07) is 14.1. The van der Waals surface area contributed by atoms with Gasteiger partial charge in [-0.15, -0.1) is 0 Å². The van der Waals surface area contributed by atoms with Gasteiger partial charge in [-0.05, 0) is 54.8 Å². The number of primary amides is 1. The number of hydrogen-bond acceptors (Lipinski definition) is 13. The Kier molecular flexibility index (Phi) is 25.6. The summed E-state index contributed by atoms with van der Waals surface area (Å²) in [6.45, 7) is 4.00. The first kappa shape index (κ1) is 62.0. The topological polar surface area (TPSA) is 402 Å². The summed E-state index contributed by atoms with van der Waals surface area (Å²) in [7, 11) is 0. The average molecular weight is 1080 g/mol. The van der Waals surface area contributed by atoms with E-state index in [1.807, 2.05) is 6.92 Å². The van der Waals surface area contributed by atoms with Crippen molar-refractivity contribution in [1.82, 2.24) is 47.2 Å². The number of H-pyrrole nitrogens is 1. The van der Waals surface area contributed by atoms with Crippen LogP contribution in [0.25, 0.3) is 0 Å². The summed E-state index contributed by atoms with van der Waals surface area (Å²) >= 11 is 0. The first-order valence-corrected chi connectivity index (χ1v) is 25.7. The van der Waals surface area contributed by atoms with Gasteiger partial charge in [-0.1, -0.05) is 111 Å². The number of carbonyl (C=O) groups is 10. The van der Waals surface area contributed by atoms with Crippen LogP contribution >= 0.6 is 0 Å². The van der Waals surface area contributed by atoms with E-state index in [9.17, 15) is 58.2 Å². The molecular formula is C54H72N12O12. The number of hydrogen-bond donors (Lipinski definition) is 13. The van der Waals surface area contributed by atoms with Crippen molar-refractivity contribution in [3.63, 3.8) is 0 Å². The number of nitrogens with two attached hydrogens (primary N) is 3. The SMILES string of the molecule is CC[C@H](C)[C@H](N)C(=O)N[C@@H](CCCCN)C(=O)N[C@@H](Cc1ccccc1)C(=O)N[C@@H](CCC(N)=O)C(=O)N[C@@H](Cc1ccccc1)C(=O)N[C@@H](Cc1cnc[nH]1)C(=O)N[C@@H](Cc1ccccc1)C(=O)N[C@@H](CC(=O)O)C(=O)O. The van der Waals surface area contributed by atoms with Crippen LogP contribution in [0.15, 0.2) is 104 Å². The predicted octanol–water partition coefficient (Wildman–Crippen LogP) is -0.599. The second-order valence-electron chi connectivity index (χ2n) is 18.9. The summed E-state index contributed by atoms with van der Waals surface area (Å²) in [6.07, 6.45) is 1.97. The number of amides is 8. The third kappa shape index (κ3) is 21.3. The zero-order valence-electron chi connectivity index (χ0n) is 43.7. The Balaban J connectivity index is 1.67. The molecule has 1 aromatic heterocycles. The lowest BCUT2D eigenvalue weighted by Gasteiger charge is -2.28. The molecule has 0 aliphatic rings.